The first-order valence-corrected chi connectivity index (χ1v) is 6.31. The molecule has 1 aromatic heterocycles. The van der Waals surface area contributed by atoms with Crippen molar-refractivity contribution in [3.05, 3.63) is 11.8 Å². The van der Waals surface area contributed by atoms with Gasteiger partial charge in [-0.25, -0.2) is 4.98 Å². The molecule has 1 aliphatic rings. The van der Waals surface area contributed by atoms with Crippen LogP contribution in [0.1, 0.15) is 25.3 Å². The van der Waals surface area contributed by atoms with E-state index in [2.05, 4.69) is 15.3 Å². The molecule has 1 N–H and O–H groups in total. The molecule has 0 amide bonds. The molecule has 0 saturated heterocycles. The molecule has 0 aromatic carbocycles. The number of nitrogens with one attached hydrogen (secondary N) is 1. The van der Waals surface area contributed by atoms with Crippen LogP contribution in [0.15, 0.2) is 6.20 Å². The summed E-state index contributed by atoms with van der Waals surface area (Å²) in [6.07, 6.45) is -1.09. The minimum absolute atomic E-state index is 0.0512. The van der Waals surface area contributed by atoms with Crippen molar-refractivity contribution < 1.29 is 13.2 Å². The Balaban J connectivity index is 2.27. The lowest BCUT2D eigenvalue weighted by Gasteiger charge is -2.26. The van der Waals surface area contributed by atoms with Crippen molar-refractivity contribution in [2.45, 2.75) is 38.9 Å². The Morgan fingerprint density at radius 3 is 2.63 bits per heavy atom. The van der Waals surface area contributed by atoms with E-state index in [-0.39, 0.29) is 6.04 Å². The Bertz CT molecular complexity index is 443. The summed E-state index contributed by atoms with van der Waals surface area (Å²) < 4.78 is 38.0. The normalized spacial score (nSPS) is 15.4. The summed E-state index contributed by atoms with van der Waals surface area (Å²) in [7, 11) is 0. The summed E-state index contributed by atoms with van der Waals surface area (Å²) in [6.45, 7) is 3.29. The van der Waals surface area contributed by atoms with Gasteiger partial charge in [-0.1, -0.05) is 0 Å². The van der Waals surface area contributed by atoms with Crippen LogP contribution in [0.25, 0.3) is 0 Å². The summed E-state index contributed by atoms with van der Waals surface area (Å²) in [6, 6.07) is -0.0512. The van der Waals surface area contributed by atoms with Crippen LogP contribution in [0, 0.1) is 6.92 Å². The van der Waals surface area contributed by atoms with E-state index in [0.717, 1.165) is 12.8 Å². The number of anilines is 2. The fraction of sp³-hybridized carbons (Fsp3) is 0.667. The fourth-order valence-corrected chi connectivity index (χ4v) is 1.92. The fourth-order valence-electron chi connectivity index (χ4n) is 1.92. The highest BCUT2D eigenvalue weighted by molar-refractivity contribution is 5.51. The number of hydrogen-bond acceptors (Lipinski definition) is 4. The van der Waals surface area contributed by atoms with Gasteiger partial charge < -0.3 is 10.2 Å². The minimum Gasteiger partial charge on any atom is -0.354 e. The maximum Gasteiger partial charge on any atom is 0.405 e. The molecule has 0 aliphatic heterocycles. The smallest absolute Gasteiger partial charge is 0.354 e. The molecule has 0 bridgehead atoms. The molecule has 7 heteroatoms. The molecule has 106 valence electrons. The van der Waals surface area contributed by atoms with Crippen molar-refractivity contribution in [1.29, 1.82) is 0 Å². The third kappa shape index (κ3) is 3.71. The third-order valence-corrected chi connectivity index (χ3v) is 2.89. The second kappa shape index (κ2) is 5.22. The number of hydrogen-bond donors (Lipinski definition) is 1. The molecule has 1 fully saturated rings. The SMILES string of the molecule is CCNc1ncc(C)c(N(CC(F)(F)F)C2CC2)n1. The molecule has 19 heavy (non-hydrogen) atoms. The zero-order valence-electron chi connectivity index (χ0n) is 11.0. The third-order valence-electron chi connectivity index (χ3n) is 2.89. The lowest BCUT2D eigenvalue weighted by atomic mass is 10.3. The Labute approximate surface area is 110 Å². The van der Waals surface area contributed by atoms with Crippen molar-refractivity contribution in [2.75, 3.05) is 23.3 Å². The monoisotopic (exact) mass is 274 g/mol. The van der Waals surface area contributed by atoms with Gasteiger partial charge in [0.2, 0.25) is 5.95 Å². The maximum absolute atomic E-state index is 12.7. The number of aryl methyl sites for hydroxylation is 1. The van der Waals surface area contributed by atoms with Crippen molar-refractivity contribution >= 4 is 11.8 Å². The van der Waals surface area contributed by atoms with Gasteiger partial charge in [-0.05, 0) is 26.7 Å². The zero-order chi connectivity index (χ0) is 14.0. The minimum atomic E-state index is -4.22. The van der Waals surface area contributed by atoms with Gasteiger partial charge in [0, 0.05) is 24.3 Å². The number of halogens is 3. The van der Waals surface area contributed by atoms with Crippen LogP contribution >= 0.6 is 0 Å². The first-order valence-electron chi connectivity index (χ1n) is 6.31. The van der Waals surface area contributed by atoms with Gasteiger partial charge >= 0.3 is 6.18 Å². The highest BCUT2D eigenvalue weighted by atomic mass is 19.4. The molecule has 1 saturated carbocycles. The number of rotatable bonds is 5. The number of aromatic nitrogens is 2. The second-order valence-electron chi connectivity index (χ2n) is 4.70. The van der Waals surface area contributed by atoms with Gasteiger partial charge in [-0.15, -0.1) is 0 Å². The quantitative estimate of drug-likeness (QED) is 0.896. The number of alkyl halides is 3. The van der Waals surface area contributed by atoms with Crippen molar-refractivity contribution in [3.63, 3.8) is 0 Å². The summed E-state index contributed by atoms with van der Waals surface area (Å²) in [4.78, 5) is 9.61. The van der Waals surface area contributed by atoms with Gasteiger partial charge in [0.1, 0.15) is 12.4 Å². The molecule has 1 heterocycles. The van der Waals surface area contributed by atoms with E-state index in [9.17, 15) is 13.2 Å². The molecular formula is C12H17F3N4. The average molecular weight is 274 g/mol. The molecule has 0 radical (unpaired) electrons. The summed E-state index contributed by atoms with van der Waals surface area (Å²) in [5.41, 5.74) is 0.665. The first-order chi connectivity index (χ1) is 8.90. The van der Waals surface area contributed by atoms with E-state index >= 15 is 0 Å². The van der Waals surface area contributed by atoms with Crippen LogP contribution in [-0.4, -0.2) is 35.3 Å². The molecule has 1 aliphatic carbocycles. The summed E-state index contributed by atoms with van der Waals surface area (Å²) in [5.74, 6) is 0.752. The first kappa shape index (κ1) is 13.9. The standard InChI is InChI=1S/C12H17F3N4/c1-3-16-11-17-6-8(2)10(18-11)19(9-4-5-9)7-12(13,14)15/h6,9H,3-5,7H2,1-2H3,(H,16,17,18). The Kier molecular flexibility index (Phi) is 3.82. The highest BCUT2D eigenvalue weighted by Gasteiger charge is 2.39. The zero-order valence-corrected chi connectivity index (χ0v) is 11.0. The van der Waals surface area contributed by atoms with Gasteiger partial charge in [0.05, 0.1) is 0 Å². The summed E-state index contributed by atoms with van der Waals surface area (Å²) in [5, 5.41) is 2.92. The summed E-state index contributed by atoms with van der Waals surface area (Å²) >= 11 is 0. The van der Waals surface area contributed by atoms with Crippen molar-refractivity contribution in [1.82, 2.24) is 9.97 Å². The molecule has 0 unspecified atom stereocenters. The average Bonchev–Trinajstić information content (AvgIpc) is 3.12. The highest BCUT2D eigenvalue weighted by Crippen LogP contribution is 2.35. The van der Waals surface area contributed by atoms with Crippen LogP contribution < -0.4 is 10.2 Å². The van der Waals surface area contributed by atoms with E-state index in [1.54, 1.807) is 13.1 Å². The Morgan fingerprint density at radius 1 is 1.42 bits per heavy atom. The van der Waals surface area contributed by atoms with Crippen LogP contribution in [-0.2, 0) is 0 Å². The van der Waals surface area contributed by atoms with Gasteiger partial charge in [-0.3, -0.25) is 0 Å². The molecule has 1 aromatic rings. The van der Waals surface area contributed by atoms with E-state index in [4.69, 9.17) is 0 Å². The van der Waals surface area contributed by atoms with E-state index in [0.29, 0.717) is 23.9 Å². The van der Waals surface area contributed by atoms with Crippen LogP contribution in [0.2, 0.25) is 0 Å². The topological polar surface area (TPSA) is 41.1 Å². The molecule has 0 atom stereocenters. The van der Waals surface area contributed by atoms with Crippen LogP contribution in [0.3, 0.4) is 0 Å². The molecule has 2 rings (SSSR count). The van der Waals surface area contributed by atoms with Crippen molar-refractivity contribution in [3.8, 4) is 0 Å². The molecule has 4 nitrogen and oxygen atoms in total. The predicted molar refractivity (Wildman–Crippen MR) is 67.4 cm³/mol. The van der Waals surface area contributed by atoms with E-state index < -0.39 is 12.7 Å². The van der Waals surface area contributed by atoms with E-state index in [1.807, 2.05) is 6.92 Å². The second-order valence-corrected chi connectivity index (χ2v) is 4.70. The maximum atomic E-state index is 12.7. The predicted octanol–water partition coefficient (Wildman–Crippen LogP) is 2.75. The Hall–Kier alpha value is -1.53. The Morgan fingerprint density at radius 2 is 2.11 bits per heavy atom. The van der Waals surface area contributed by atoms with E-state index in [1.165, 1.54) is 4.90 Å². The van der Waals surface area contributed by atoms with Gasteiger partial charge in [0.15, 0.2) is 0 Å². The van der Waals surface area contributed by atoms with Crippen LogP contribution in [0.4, 0.5) is 24.9 Å². The lowest BCUT2D eigenvalue weighted by molar-refractivity contribution is -0.120. The lowest BCUT2D eigenvalue weighted by Crippen LogP contribution is -2.37. The van der Waals surface area contributed by atoms with Crippen LogP contribution in [0.5, 0.6) is 0 Å². The molecule has 0 spiro atoms. The largest absolute Gasteiger partial charge is 0.405 e. The number of nitrogens with zero attached hydrogens (tertiary/aromatic N) is 3. The molecular weight excluding hydrogens is 257 g/mol. The van der Waals surface area contributed by atoms with Gasteiger partial charge in [0.25, 0.3) is 0 Å². The van der Waals surface area contributed by atoms with Gasteiger partial charge in [-0.2, -0.15) is 18.2 Å². The van der Waals surface area contributed by atoms with Crippen molar-refractivity contribution in [2.24, 2.45) is 0 Å².